The minimum Gasteiger partial charge on any atom is -0.481 e. The van der Waals surface area contributed by atoms with E-state index in [-0.39, 0.29) is 23.9 Å². The average Bonchev–Trinajstić information content (AvgIpc) is 2.85. The van der Waals surface area contributed by atoms with E-state index in [1.807, 2.05) is 38.1 Å². The molecule has 1 aromatic carbocycles. The lowest BCUT2D eigenvalue weighted by atomic mass is 9.80. The van der Waals surface area contributed by atoms with Crippen molar-refractivity contribution in [2.24, 2.45) is 5.92 Å². The van der Waals surface area contributed by atoms with Crippen molar-refractivity contribution in [1.82, 2.24) is 9.88 Å². The molecule has 0 bridgehead atoms. The molecule has 1 amide bonds. The van der Waals surface area contributed by atoms with Crippen LogP contribution in [0.2, 0.25) is 0 Å². The fourth-order valence-electron chi connectivity index (χ4n) is 3.68. The van der Waals surface area contributed by atoms with Crippen LogP contribution in [0.25, 0.3) is 0 Å². The summed E-state index contributed by atoms with van der Waals surface area (Å²) in [5.74, 6) is -1.22. The number of carboxylic acids is 1. The van der Waals surface area contributed by atoms with Gasteiger partial charge in [-0.1, -0.05) is 30.3 Å². The molecule has 1 heterocycles. The van der Waals surface area contributed by atoms with E-state index in [1.165, 1.54) is 5.56 Å². The van der Waals surface area contributed by atoms with Gasteiger partial charge in [0.25, 0.3) is 5.91 Å². The summed E-state index contributed by atoms with van der Waals surface area (Å²) in [5, 5.41) is 11.9. The number of carboxylic acid groups (broad SMARTS) is 1. The normalized spacial score (nSPS) is 20.6. The Morgan fingerprint density at radius 1 is 1.20 bits per heavy atom. The summed E-state index contributed by atoms with van der Waals surface area (Å²) >= 11 is 0. The van der Waals surface area contributed by atoms with Gasteiger partial charge in [-0.25, -0.2) is 0 Å². The summed E-state index contributed by atoms with van der Waals surface area (Å²) in [7, 11) is 0. The minimum atomic E-state index is -0.777. The van der Waals surface area contributed by atoms with Crippen LogP contribution >= 0.6 is 0 Å². The van der Waals surface area contributed by atoms with Gasteiger partial charge in [0.2, 0.25) is 0 Å². The maximum Gasteiger partial charge on any atom is 0.306 e. The Hall–Kier alpha value is -2.56. The number of amides is 1. The molecule has 1 atom stereocenters. The minimum absolute atomic E-state index is 0.0387. The summed E-state index contributed by atoms with van der Waals surface area (Å²) in [6, 6.07) is 12.2. The van der Waals surface area contributed by atoms with Gasteiger partial charge in [-0.3, -0.25) is 9.59 Å². The predicted molar refractivity (Wildman–Crippen MR) is 95.8 cm³/mol. The first-order valence-electron chi connectivity index (χ1n) is 8.65. The zero-order valence-corrected chi connectivity index (χ0v) is 14.8. The molecule has 5 nitrogen and oxygen atoms in total. The summed E-state index contributed by atoms with van der Waals surface area (Å²) in [4.78, 5) is 23.5. The van der Waals surface area contributed by atoms with Crippen molar-refractivity contribution in [1.29, 1.82) is 0 Å². The first-order valence-corrected chi connectivity index (χ1v) is 8.65. The van der Waals surface area contributed by atoms with E-state index in [4.69, 9.17) is 5.11 Å². The largest absolute Gasteiger partial charge is 0.481 e. The van der Waals surface area contributed by atoms with Gasteiger partial charge >= 0.3 is 5.97 Å². The van der Waals surface area contributed by atoms with Crippen molar-refractivity contribution in [2.75, 3.05) is 0 Å². The third-order valence-corrected chi connectivity index (χ3v) is 5.22. The first-order chi connectivity index (χ1) is 11.9. The van der Waals surface area contributed by atoms with Crippen molar-refractivity contribution in [3.8, 4) is 0 Å². The van der Waals surface area contributed by atoms with Crippen LogP contribution in [0.1, 0.15) is 53.1 Å². The Morgan fingerprint density at radius 2 is 1.84 bits per heavy atom. The van der Waals surface area contributed by atoms with Crippen molar-refractivity contribution < 1.29 is 14.7 Å². The molecule has 1 aliphatic rings. The van der Waals surface area contributed by atoms with Gasteiger partial charge in [-0.2, -0.15) is 0 Å². The molecular weight excluding hydrogens is 316 g/mol. The maximum atomic E-state index is 12.6. The van der Waals surface area contributed by atoms with Gasteiger partial charge in [0.05, 0.1) is 17.5 Å². The van der Waals surface area contributed by atoms with Crippen LogP contribution in [-0.2, 0) is 4.79 Å². The summed E-state index contributed by atoms with van der Waals surface area (Å²) in [5.41, 5.74) is 3.83. The summed E-state index contributed by atoms with van der Waals surface area (Å²) in [6.45, 7) is 6.09. The third kappa shape index (κ3) is 3.31. The van der Waals surface area contributed by atoms with E-state index < -0.39 is 5.97 Å². The number of nitrogens with one attached hydrogen (secondary N) is 1. The Balaban J connectivity index is 1.76. The fraction of sp³-hybridized carbons (Fsp3) is 0.400. The van der Waals surface area contributed by atoms with Crippen LogP contribution in [0.4, 0.5) is 0 Å². The van der Waals surface area contributed by atoms with E-state index in [0.717, 1.165) is 11.4 Å². The SMILES string of the molecule is Cc1cc(C(=O)NC2CC(C(=O)O)C2)c(C)n1C(C)c1ccccc1. The molecule has 0 saturated heterocycles. The molecule has 25 heavy (non-hydrogen) atoms. The second-order valence-corrected chi connectivity index (χ2v) is 6.92. The van der Waals surface area contributed by atoms with E-state index in [9.17, 15) is 9.59 Å². The molecule has 5 heteroatoms. The lowest BCUT2D eigenvalue weighted by Crippen LogP contribution is -2.46. The van der Waals surface area contributed by atoms with Crippen molar-refractivity contribution >= 4 is 11.9 Å². The smallest absolute Gasteiger partial charge is 0.306 e. The highest BCUT2D eigenvalue weighted by Crippen LogP contribution is 2.29. The number of carbonyl (C=O) groups is 2. The average molecular weight is 340 g/mol. The van der Waals surface area contributed by atoms with E-state index in [1.54, 1.807) is 0 Å². The molecule has 0 radical (unpaired) electrons. The van der Waals surface area contributed by atoms with Crippen LogP contribution in [-0.4, -0.2) is 27.6 Å². The Morgan fingerprint density at radius 3 is 2.44 bits per heavy atom. The molecule has 0 spiro atoms. The van der Waals surface area contributed by atoms with Gasteiger partial charge in [-0.05, 0) is 45.2 Å². The monoisotopic (exact) mass is 340 g/mol. The number of aliphatic carboxylic acids is 1. The van der Waals surface area contributed by atoms with Crippen LogP contribution in [0, 0.1) is 19.8 Å². The van der Waals surface area contributed by atoms with Crippen molar-refractivity contribution in [2.45, 2.75) is 45.7 Å². The number of aromatic nitrogens is 1. The lowest BCUT2D eigenvalue weighted by Gasteiger charge is -2.32. The first kappa shape index (κ1) is 17.3. The number of hydrogen-bond donors (Lipinski definition) is 2. The zero-order valence-electron chi connectivity index (χ0n) is 14.8. The second-order valence-electron chi connectivity index (χ2n) is 6.92. The molecule has 2 N–H and O–H groups in total. The van der Waals surface area contributed by atoms with Crippen molar-refractivity contribution in [3.63, 3.8) is 0 Å². The van der Waals surface area contributed by atoms with Crippen LogP contribution < -0.4 is 5.32 Å². The molecule has 0 aliphatic heterocycles. The molecule has 1 aromatic heterocycles. The topological polar surface area (TPSA) is 71.3 Å². The summed E-state index contributed by atoms with van der Waals surface area (Å²) in [6.07, 6.45) is 1.03. The number of hydrogen-bond acceptors (Lipinski definition) is 2. The van der Waals surface area contributed by atoms with Gasteiger partial charge in [0.15, 0.2) is 0 Å². The number of aryl methyl sites for hydroxylation is 1. The standard InChI is InChI=1S/C20H24N2O3/c1-12-9-18(19(23)21-17-10-16(11-17)20(24)25)14(3)22(12)13(2)15-7-5-4-6-8-15/h4-9,13,16-17H,10-11H2,1-3H3,(H,21,23)(H,24,25). The number of rotatable bonds is 5. The van der Waals surface area contributed by atoms with Crippen LogP contribution in [0.3, 0.4) is 0 Å². The van der Waals surface area contributed by atoms with Crippen LogP contribution in [0.5, 0.6) is 0 Å². The molecule has 1 aliphatic carbocycles. The lowest BCUT2D eigenvalue weighted by molar-refractivity contribution is -0.145. The molecule has 2 aromatic rings. The maximum absolute atomic E-state index is 12.6. The van der Waals surface area contributed by atoms with Gasteiger partial charge in [-0.15, -0.1) is 0 Å². The zero-order chi connectivity index (χ0) is 18.1. The second kappa shape index (κ2) is 6.75. The fourth-order valence-corrected chi connectivity index (χ4v) is 3.68. The molecule has 1 unspecified atom stereocenters. The van der Waals surface area contributed by atoms with E-state index in [0.29, 0.717) is 18.4 Å². The van der Waals surface area contributed by atoms with Gasteiger partial charge in [0.1, 0.15) is 0 Å². The Kier molecular flexibility index (Phi) is 4.66. The predicted octanol–water partition coefficient (Wildman–Crippen LogP) is 3.31. The van der Waals surface area contributed by atoms with Crippen LogP contribution in [0.15, 0.2) is 36.4 Å². The molecular formula is C20H24N2O3. The van der Waals surface area contributed by atoms with E-state index in [2.05, 4.69) is 28.9 Å². The molecule has 132 valence electrons. The third-order valence-electron chi connectivity index (χ3n) is 5.22. The number of benzene rings is 1. The van der Waals surface area contributed by atoms with Crippen molar-refractivity contribution in [3.05, 3.63) is 58.9 Å². The summed E-state index contributed by atoms with van der Waals surface area (Å²) < 4.78 is 2.17. The number of nitrogens with zero attached hydrogens (tertiary/aromatic N) is 1. The molecule has 1 fully saturated rings. The highest BCUT2D eigenvalue weighted by molar-refractivity contribution is 5.96. The quantitative estimate of drug-likeness (QED) is 0.877. The highest BCUT2D eigenvalue weighted by atomic mass is 16.4. The van der Waals surface area contributed by atoms with E-state index >= 15 is 0 Å². The van der Waals surface area contributed by atoms with Gasteiger partial charge in [0, 0.05) is 17.4 Å². The number of carbonyl (C=O) groups excluding carboxylic acids is 1. The highest BCUT2D eigenvalue weighted by Gasteiger charge is 2.35. The Labute approximate surface area is 147 Å². The van der Waals surface area contributed by atoms with Gasteiger partial charge < -0.3 is 15.0 Å². The molecule has 3 rings (SSSR count). The Bertz CT molecular complexity index is 789. The molecule has 1 saturated carbocycles.